The normalized spacial score (nSPS) is 18.9. The molecule has 5 rings (SSSR count). The van der Waals surface area contributed by atoms with Crippen LogP contribution in [0, 0.1) is 22.6 Å². The van der Waals surface area contributed by atoms with Gasteiger partial charge in [-0.25, -0.2) is 14.4 Å². The molecule has 162 valence electrons. The first kappa shape index (κ1) is 20.1. The smallest absolute Gasteiger partial charge is 0.258 e. The molecule has 2 aliphatic rings. The standard InChI is InChI=1S/C23H21FN6O2/c1-12-15-9-13(24)3-4-14(15)20(31)23(7-8-23)6-5-16-19(18(10-25)30(2)29-16)17-11-27-21(26)22(28-17)32-12/h3-4,9,11-12H,5-8H2,1-2H3,(H2,26,27)/t12-/m1/s1. The largest absolute Gasteiger partial charge is 0.467 e. The molecule has 32 heavy (non-hydrogen) atoms. The highest BCUT2D eigenvalue weighted by molar-refractivity contribution is 6.03. The molecule has 0 radical (unpaired) electrons. The van der Waals surface area contributed by atoms with Gasteiger partial charge in [-0.15, -0.1) is 0 Å². The van der Waals surface area contributed by atoms with E-state index in [1.54, 1.807) is 14.0 Å². The highest BCUT2D eigenvalue weighted by Gasteiger charge is 2.50. The van der Waals surface area contributed by atoms with E-state index in [9.17, 15) is 14.4 Å². The Labute approximate surface area is 183 Å². The lowest BCUT2D eigenvalue weighted by Crippen LogP contribution is -2.21. The van der Waals surface area contributed by atoms with E-state index in [-0.39, 0.29) is 17.5 Å². The number of hydrogen-bond acceptors (Lipinski definition) is 7. The SMILES string of the molecule is C[C@H]1Oc2nc(cnc2N)-c2c(nn(C)c2C#N)CCC2(CC2)C(=O)c2ccc(F)cc21. The lowest BCUT2D eigenvalue weighted by molar-refractivity contribution is 0.0887. The molecule has 0 amide bonds. The maximum Gasteiger partial charge on any atom is 0.258 e. The number of aryl methyl sites for hydroxylation is 2. The van der Waals surface area contributed by atoms with Gasteiger partial charge in [0.25, 0.3) is 5.88 Å². The third-order valence-electron chi connectivity index (χ3n) is 6.41. The average Bonchev–Trinajstić information content (AvgIpc) is 3.49. The van der Waals surface area contributed by atoms with Crippen molar-refractivity contribution in [3.8, 4) is 23.2 Å². The summed E-state index contributed by atoms with van der Waals surface area (Å²) in [6.07, 6.45) is 3.36. The van der Waals surface area contributed by atoms with Gasteiger partial charge in [0.15, 0.2) is 11.6 Å². The van der Waals surface area contributed by atoms with Gasteiger partial charge >= 0.3 is 0 Å². The summed E-state index contributed by atoms with van der Waals surface area (Å²) in [7, 11) is 1.70. The molecule has 1 spiro atoms. The molecular formula is C23H21FN6O2. The Kier molecular flexibility index (Phi) is 4.48. The molecule has 2 aromatic heterocycles. The van der Waals surface area contributed by atoms with Gasteiger partial charge in [0.1, 0.15) is 23.7 Å². The molecule has 8 nitrogen and oxygen atoms in total. The van der Waals surface area contributed by atoms with Crippen LogP contribution in [0.2, 0.25) is 0 Å². The van der Waals surface area contributed by atoms with Crippen LogP contribution in [0.4, 0.5) is 10.2 Å². The second-order valence-electron chi connectivity index (χ2n) is 8.45. The highest BCUT2D eigenvalue weighted by Crippen LogP contribution is 2.53. The predicted molar refractivity (Wildman–Crippen MR) is 113 cm³/mol. The fourth-order valence-corrected chi connectivity index (χ4v) is 4.43. The number of ether oxygens (including phenoxy) is 1. The number of ketones is 1. The third-order valence-corrected chi connectivity index (χ3v) is 6.41. The fourth-order valence-electron chi connectivity index (χ4n) is 4.43. The molecule has 1 saturated carbocycles. The summed E-state index contributed by atoms with van der Waals surface area (Å²) in [6, 6.07) is 6.32. The average molecular weight is 432 g/mol. The summed E-state index contributed by atoms with van der Waals surface area (Å²) in [5, 5.41) is 14.3. The van der Waals surface area contributed by atoms with Crippen LogP contribution in [0.5, 0.6) is 5.88 Å². The first-order valence-electron chi connectivity index (χ1n) is 10.4. The number of carbonyl (C=O) groups excluding carboxylic acids is 1. The van der Waals surface area contributed by atoms with Crippen molar-refractivity contribution < 1.29 is 13.9 Å². The van der Waals surface area contributed by atoms with E-state index < -0.39 is 17.3 Å². The minimum Gasteiger partial charge on any atom is -0.467 e. The van der Waals surface area contributed by atoms with Gasteiger partial charge in [-0.05, 0) is 50.8 Å². The molecule has 3 heterocycles. The molecular weight excluding hydrogens is 411 g/mol. The minimum absolute atomic E-state index is 0.0223. The Bertz CT molecular complexity index is 1300. The number of benzene rings is 1. The Hall–Kier alpha value is -3.80. The maximum atomic E-state index is 14.1. The summed E-state index contributed by atoms with van der Waals surface area (Å²) in [6.45, 7) is 1.72. The second-order valence-corrected chi connectivity index (χ2v) is 8.45. The van der Waals surface area contributed by atoms with E-state index in [2.05, 4.69) is 21.1 Å². The summed E-state index contributed by atoms with van der Waals surface area (Å²) in [5.74, 6) is -0.366. The zero-order chi connectivity index (χ0) is 22.6. The number of Topliss-reactive ketones (excluding diaryl/α,β-unsaturated/α-hetero) is 1. The molecule has 1 atom stereocenters. The Morgan fingerprint density at radius 3 is 2.84 bits per heavy atom. The molecule has 1 aliphatic carbocycles. The zero-order valence-corrected chi connectivity index (χ0v) is 17.7. The topological polar surface area (TPSA) is 120 Å². The van der Waals surface area contributed by atoms with Crippen LogP contribution in [-0.4, -0.2) is 25.5 Å². The van der Waals surface area contributed by atoms with Crippen LogP contribution in [0.3, 0.4) is 0 Å². The molecule has 0 unspecified atom stereocenters. The number of rotatable bonds is 0. The fraction of sp³-hybridized carbons (Fsp3) is 0.348. The van der Waals surface area contributed by atoms with Crippen molar-refractivity contribution in [2.45, 2.75) is 38.7 Å². The maximum absolute atomic E-state index is 14.1. The number of hydrogen-bond donors (Lipinski definition) is 1. The molecule has 1 aliphatic heterocycles. The third kappa shape index (κ3) is 3.11. The number of anilines is 1. The monoisotopic (exact) mass is 432 g/mol. The van der Waals surface area contributed by atoms with Crippen molar-refractivity contribution in [3.63, 3.8) is 0 Å². The number of nitrogens with zero attached hydrogens (tertiary/aromatic N) is 5. The Balaban J connectivity index is 1.72. The Morgan fingerprint density at radius 1 is 1.34 bits per heavy atom. The van der Waals surface area contributed by atoms with E-state index in [1.807, 2.05) is 0 Å². The van der Waals surface area contributed by atoms with Crippen LogP contribution in [0.25, 0.3) is 11.3 Å². The van der Waals surface area contributed by atoms with E-state index in [0.717, 1.165) is 12.8 Å². The quantitative estimate of drug-likeness (QED) is 0.577. The van der Waals surface area contributed by atoms with E-state index in [4.69, 9.17) is 10.5 Å². The van der Waals surface area contributed by atoms with Crippen LogP contribution in [0.1, 0.15) is 59.6 Å². The van der Waals surface area contributed by atoms with Crippen LogP contribution in [-0.2, 0) is 13.5 Å². The number of halogens is 1. The van der Waals surface area contributed by atoms with Crippen molar-refractivity contribution in [3.05, 3.63) is 52.7 Å². The van der Waals surface area contributed by atoms with Crippen LogP contribution in [0.15, 0.2) is 24.4 Å². The van der Waals surface area contributed by atoms with E-state index in [1.165, 1.54) is 29.1 Å². The van der Waals surface area contributed by atoms with Gasteiger partial charge in [0, 0.05) is 23.6 Å². The number of aromatic nitrogens is 4. The van der Waals surface area contributed by atoms with Gasteiger partial charge in [-0.2, -0.15) is 10.4 Å². The number of nitrogen functional groups attached to an aromatic ring is 1. The van der Waals surface area contributed by atoms with Crippen molar-refractivity contribution in [2.24, 2.45) is 12.5 Å². The van der Waals surface area contributed by atoms with Crippen molar-refractivity contribution in [2.75, 3.05) is 5.73 Å². The molecule has 0 saturated heterocycles. The van der Waals surface area contributed by atoms with Gasteiger partial charge in [-0.3, -0.25) is 9.48 Å². The summed E-state index contributed by atoms with van der Waals surface area (Å²) >= 11 is 0. The van der Waals surface area contributed by atoms with E-state index >= 15 is 0 Å². The van der Waals surface area contributed by atoms with Gasteiger partial charge in [0.05, 0.1) is 23.1 Å². The number of nitriles is 1. The second kappa shape index (κ2) is 7.12. The highest BCUT2D eigenvalue weighted by atomic mass is 19.1. The summed E-state index contributed by atoms with van der Waals surface area (Å²) in [4.78, 5) is 22.3. The van der Waals surface area contributed by atoms with Crippen molar-refractivity contribution >= 4 is 11.6 Å². The molecule has 9 heteroatoms. The first-order valence-corrected chi connectivity index (χ1v) is 10.4. The Morgan fingerprint density at radius 2 is 2.12 bits per heavy atom. The van der Waals surface area contributed by atoms with Gasteiger partial charge in [0.2, 0.25) is 0 Å². The van der Waals surface area contributed by atoms with Crippen molar-refractivity contribution in [1.29, 1.82) is 5.26 Å². The lowest BCUT2D eigenvalue weighted by atomic mass is 9.86. The zero-order valence-electron chi connectivity index (χ0n) is 17.7. The minimum atomic E-state index is -0.697. The van der Waals surface area contributed by atoms with Gasteiger partial charge in [-0.1, -0.05) is 0 Å². The summed E-state index contributed by atoms with van der Waals surface area (Å²) in [5.41, 5.74) is 8.36. The molecule has 1 aromatic carbocycles. The predicted octanol–water partition coefficient (Wildman–Crippen LogP) is 3.52. The van der Waals surface area contributed by atoms with Gasteiger partial charge < -0.3 is 10.5 Å². The molecule has 1 fully saturated rings. The summed E-state index contributed by atoms with van der Waals surface area (Å²) < 4.78 is 21.6. The molecule has 2 bridgehead atoms. The number of nitrogens with two attached hydrogens (primary N) is 1. The first-order chi connectivity index (χ1) is 15.3. The number of carbonyl (C=O) groups is 1. The number of fused-ring (bicyclic) bond motifs is 5. The van der Waals surface area contributed by atoms with Crippen LogP contribution < -0.4 is 10.5 Å². The van der Waals surface area contributed by atoms with Crippen LogP contribution >= 0.6 is 0 Å². The lowest BCUT2D eigenvalue weighted by Gasteiger charge is -2.20. The molecule has 2 N–H and O–H groups in total. The molecule has 3 aromatic rings. The van der Waals surface area contributed by atoms with Crippen molar-refractivity contribution in [1.82, 2.24) is 19.7 Å². The van der Waals surface area contributed by atoms with E-state index in [0.29, 0.717) is 46.6 Å².